The SMILES string of the molecule is CNC(=O)[C@H](C)N(CCc1ccccc1)C(=O)CN(c1cc(C)cc(C)c1)S(=O)(=O)c1ccccc1. The van der Waals surface area contributed by atoms with E-state index in [2.05, 4.69) is 5.32 Å². The zero-order valence-electron chi connectivity index (χ0n) is 21.1. The topological polar surface area (TPSA) is 86.8 Å². The van der Waals surface area contributed by atoms with E-state index in [9.17, 15) is 18.0 Å². The van der Waals surface area contributed by atoms with Crippen molar-refractivity contribution < 1.29 is 18.0 Å². The highest BCUT2D eigenvalue weighted by Gasteiger charge is 2.32. The Kier molecular flexibility index (Phi) is 8.88. The number of carbonyl (C=O) groups excluding carboxylic acids is 2. The van der Waals surface area contributed by atoms with E-state index in [0.717, 1.165) is 21.0 Å². The van der Waals surface area contributed by atoms with Crippen molar-refractivity contribution in [3.8, 4) is 0 Å². The number of likely N-dealkylation sites (N-methyl/N-ethyl adjacent to an activating group) is 1. The maximum Gasteiger partial charge on any atom is 0.264 e. The third-order valence-electron chi connectivity index (χ3n) is 6.00. The van der Waals surface area contributed by atoms with E-state index in [1.807, 2.05) is 50.2 Å². The molecule has 8 heteroatoms. The first-order valence-electron chi connectivity index (χ1n) is 11.8. The number of hydrogen-bond acceptors (Lipinski definition) is 4. The fraction of sp³-hybridized carbons (Fsp3) is 0.286. The van der Waals surface area contributed by atoms with Crippen LogP contribution in [0.5, 0.6) is 0 Å². The smallest absolute Gasteiger partial charge is 0.264 e. The fourth-order valence-electron chi connectivity index (χ4n) is 4.12. The molecule has 3 rings (SSSR count). The van der Waals surface area contributed by atoms with Crippen LogP contribution in [0.3, 0.4) is 0 Å². The van der Waals surface area contributed by atoms with E-state index >= 15 is 0 Å². The molecule has 0 unspecified atom stereocenters. The van der Waals surface area contributed by atoms with Crippen LogP contribution >= 0.6 is 0 Å². The number of nitrogens with zero attached hydrogens (tertiary/aromatic N) is 2. The molecular weight excluding hydrogens is 474 g/mol. The van der Waals surface area contributed by atoms with E-state index in [-0.39, 0.29) is 17.3 Å². The van der Waals surface area contributed by atoms with Crippen molar-refractivity contribution in [2.24, 2.45) is 0 Å². The monoisotopic (exact) mass is 507 g/mol. The molecule has 0 saturated heterocycles. The third kappa shape index (κ3) is 6.51. The van der Waals surface area contributed by atoms with Gasteiger partial charge in [0.05, 0.1) is 10.6 Å². The molecule has 3 aromatic carbocycles. The predicted molar refractivity (Wildman–Crippen MR) is 142 cm³/mol. The summed E-state index contributed by atoms with van der Waals surface area (Å²) in [7, 11) is -2.54. The molecule has 1 atom stereocenters. The summed E-state index contributed by atoms with van der Waals surface area (Å²) >= 11 is 0. The van der Waals surface area contributed by atoms with Gasteiger partial charge in [-0.2, -0.15) is 0 Å². The zero-order valence-corrected chi connectivity index (χ0v) is 22.0. The molecule has 0 radical (unpaired) electrons. The molecule has 0 aliphatic rings. The molecule has 190 valence electrons. The number of amides is 2. The van der Waals surface area contributed by atoms with Crippen LogP contribution in [0.2, 0.25) is 0 Å². The van der Waals surface area contributed by atoms with Gasteiger partial charge in [0.15, 0.2) is 0 Å². The van der Waals surface area contributed by atoms with Crippen LogP contribution in [0.4, 0.5) is 5.69 Å². The molecule has 0 aromatic heterocycles. The van der Waals surface area contributed by atoms with Crippen molar-refractivity contribution in [3.63, 3.8) is 0 Å². The van der Waals surface area contributed by atoms with Gasteiger partial charge < -0.3 is 10.2 Å². The van der Waals surface area contributed by atoms with Gasteiger partial charge in [0.25, 0.3) is 10.0 Å². The van der Waals surface area contributed by atoms with Gasteiger partial charge in [-0.05, 0) is 68.1 Å². The summed E-state index contributed by atoms with van der Waals surface area (Å²) in [4.78, 5) is 27.7. The van der Waals surface area contributed by atoms with Gasteiger partial charge in [-0.3, -0.25) is 13.9 Å². The maximum atomic E-state index is 13.7. The maximum absolute atomic E-state index is 13.7. The number of hydrogen-bond donors (Lipinski definition) is 1. The van der Waals surface area contributed by atoms with Crippen LogP contribution in [0, 0.1) is 13.8 Å². The molecule has 0 saturated carbocycles. The summed E-state index contributed by atoms with van der Waals surface area (Å²) in [6, 6.07) is 22.4. The minimum atomic E-state index is -4.05. The predicted octanol–water partition coefficient (Wildman–Crippen LogP) is 3.70. The summed E-state index contributed by atoms with van der Waals surface area (Å²) in [5.74, 6) is -0.777. The van der Waals surface area contributed by atoms with Gasteiger partial charge in [0, 0.05) is 13.6 Å². The van der Waals surface area contributed by atoms with Crippen LogP contribution in [0.15, 0.2) is 83.8 Å². The Morgan fingerprint density at radius 2 is 1.44 bits per heavy atom. The number of benzene rings is 3. The Labute approximate surface area is 213 Å². The quantitative estimate of drug-likeness (QED) is 0.453. The highest BCUT2D eigenvalue weighted by molar-refractivity contribution is 7.92. The number of anilines is 1. The molecule has 0 fully saturated rings. The normalized spacial score (nSPS) is 12.0. The molecule has 3 aromatic rings. The van der Waals surface area contributed by atoms with Crippen LogP contribution in [-0.4, -0.2) is 51.3 Å². The minimum absolute atomic E-state index is 0.0899. The van der Waals surface area contributed by atoms with Gasteiger partial charge in [-0.25, -0.2) is 8.42 Å². The summed E-state index contributed by atoms with van der Waals surface area (Å²) in [5, 5.41) is 2.59. The molecular formula is C28H33N3O4S. The van der Waals surface area contributed by atoms with Gasteiger partial charge >= 0.3 is 0 Å². The van der Waals surface area contributed by atoms with Crippen molar-refractivity contribution in [3.05, 3.63) is 95.6 Å². The van der Waals surface area contributed by atoms with Crippen molar-refractivity contribution in [2.75, 3.05) is 24.4 Å². The molecule has 0 spiro atoms. The highest BCUT2D eigenvalue weighted by atomic mass is 32.2. The van der Waals surface area contributed by atoms with Crippen molar-refractivity contribution >= 4 is 27.5 Å². The number of rotatable bonds is 10. The van der Waals surface area contributed by atoms with Crippen LogP contribution < -0.4 is 9.62 Å². The van der Waals surface area contributed by atoms with E-state index < -0.39 is 28.5 Å². The van der Waals surface area contributed by atoms with E-state index in [4.69, 9.17) is 0 Å². The van der Waals surface area contributed by atoms with E-state index in [1.54, 1.807) is 37.3 Å². The minimum Gasteiger partial charge on any atom is -0.357 e. The van der Waals surface area contributed by atoms with Gasteiger partial charge in [0.2, 0.25) is 11.8 Å². The van der Waals surface area contributed by atoms with Crippen molar-refractivity contribution in [2.45, 2.75) is 38.1 Å². The molecule has 1 N–H and O–H groups in total. The molecule has 0 aliphatic heterocycles. The largest absolute Gasteiger partial charge is 0.357 e. The Morgan fingerprint density at radius 3 is 2.00 bits per heavy atom. The van der Waals surface area contributed by atoms with Gasteiger partial charge in [-0.1, -0.05) is 54.6 Å². The first-order chi connectivity index (χ1) is 17.1. The lowest BCUT2D eigenvalue weighted by molar-refractivity contribution is -0.138. The molecule has 7 nitrogen and oxygen atoms in total. The first kappa shape index (κ1) is 26.9. The molecule has 36 heavy (non-hydrogen) atoms. The Balaban J connectivity index is 1.99. The zero-order chi connectivity index (χ0) is 26.3. The second-order valence-corrected chi connectivity index (χ2v) is 10.6. The van der Waals surface area contributed by atoms with Crippen molar-refractivity contribution in [1.82, 2.24) is 10.2 Å². The standard InChI is InChI=1S/C28H33N3O4S/c1-21-17-22(2)19-25(18-21)31(36(34,35)26-13-9-6-10-14-26)20-27(32)30(23(3)28(33)29-4)16-15-24-11-7-5-8-12-24/h5-14,17-19,23H,15-16,20H2,1-4H3,(H,29,33)/t23-/m0/s1. The van der Waals surface area contributed by atoms with E-state index in [1.165, 1.54) is 24.1 Å². The second-order valence-electron chi connectivity index (χ2n) is 8.78. The fourth-order valence-corrected chi connectivity index (χ4v) is 5.54. The lowest BCUT2D eigenvalue weighted by Gasteiger charge is -2.32. The Bertz CT molecular complexity index is 1270. The number of nitrogens with one attached hydrogen (secondary N) is 1. The van der Waals surface area contributed by atoms with Crippen LogP contribution in [-0.2, 0) is 26.0 Å². The van der Waals surface area contributed by atoms with Crippen molar-refractivity contribution in [1.29, 1.82) is 0 Å². The average Bonchev–Trinajstić information content (AvgIpc) is 2.87. The summed E-state index contributed by atoms with van der Waals surface area (Å²) in [6.45, 7) is 5.24. The van der Waals surface area contributed by atoms with Crippen LogP contribution in [0.25, 0.3) is 0 Å². The van der Waals surface area contributed by atoms with Crippen LogP contribution in [0.1, 0.15) is 23.6 Å². The Hall–Kier alpha value is -3.65. The first-order valence-corrected chi connectivity index (χ1v) is 13.3. The summed E-state index contributed by atoms with van der Waals surface area (Å²) in [6.07, 6.45) is 0.531. The lowest BCUT2D eigenvalue weighted by Crippen LogP contribution is -2.51. The summed E-state index contributed by atoms with van der Waals surface area (Å²) < 4.78 is 28.6. The average molecular weight is 508 g/mol. The second kappa shape index (κ2) is 11.9. The van der Waals surface area contributed by atoms with Gasteiger partial charge in [0.1, 0.15) is 12.6 Å². The Morgan fingerprint density at radius 1 is 0.889 bits per heavy atom. The molecule has 0 aliphatic carbocycles. The molecule has 0 heterocycles. The van der Waals surface area contributed by atoms with E-state index in [0.29, 0.717) is 12.1 Å². The third-order valence-corrected chi connectivity index (χ3v) is 7.79. The number of carbonyl (C=O) groups is 2. The molecule has 0 bridgehead atoms. The summed E-state index contributed by atoms with van der Waals surface area (Å²) in [5.41, 5.74) is 3.18. The lowest BCUT2D eigenvalue weighted by atomic mass is 10.1. The highest BCUT2D eigenvalue weighted by Crippen LogP contribution is 2.26. The molecule has 2 amide bonds. The van der Waals surface area contributed by atoms with Gasteiger partial charge in [-0.15, -0.1) is 0 Å². The number of aryl methyl sites for hydroxylation is 2. The number of sulfonamides is 1.